The molecular weight excluding hydrogens is 334 g/mol. The Morgan fingerprint density at radius 1 is 0.808 bits per heavy atom. The van der Waals surface area contributed by atoms with Crippen molar-refractivity contribution in [2.75, 3.05) is 0 Å². The first kappa shape index (κ1) is 17.7. The quantitative estimate of drug-likeness (QED) is 0.521. The highest BCUT2D eigenvalue weighted by atomic mass is 19.1. The van der Waals surface area contributed by atoms with Gasteiger partial charge in [-0.25, -0.2) is 8.78 Å². The number of benzene rings is 3. The molecule has 0 fully saturated rings. The van der Waals surface area contributed by atoms with E-state index in [9.17, 15) is 18.7 Å². The smallest absolute Gasteiger partial charge is 0.191 e. The lowest BCUT2D eigenvalue weighted by Crippen LogP contribution is -2.12. The van der Waals surface area contributed by atoms with Crippen molar-refractivity contribution in [3.8, 4) is 0 Å². The highest BCUT2D eigenvalue weighted by molar-refractivity contribution is 6.12. The number of carbonyl (C=O) groups excluding carboxylic acids is 1. The fraction of sp³-hybridized carbons (Fsp3) is 0.0455. The van der Waals surface area contributed by atoms with Crippen molar-refractivity contribution >= 4 is 11.9 Å². The van der Waals surface area contributed by atoms with Crippen molar-refractivity contribution < 1.29 is 18.7 Å². The molecule has 2 nitrogen and oxygen atoms in total. The summed E-state index contributed by atoms with van der Waals surface area (Å²) < 4.78 is 26.3. The van der Waals surface area contributed by atoms with Crippen LogP contribution in [0.1, 0.15) is 27.6 Å². The second kappa shape index (κ2) is 7.85. The Labute approximate surface area is 150 Å². The lowest BCUT2D eigenvalue weighted by molar-refractivity contribution is 0.0989. The Kier molecular flexibility index (Phi) is 5.34. The van der Waals surface area contributed by atoms with Crippen molar-refractivity contribution in [3.63, 3.8) is 0 Å². The molecule has 0 aliphatic rings. The minimum atomic E-state index is -1.24. The van der Waals surface area contributed by atoms with Crippen LogP contribution >= 0.6 is 0 Å². The number of hydrogen-bond donors (Lipinski definition) is 1. The molecule has 3 aromatic rings. The predicted molar refractivity (Wildman–Crippen MR) is 96.5 cm³/mol. The van der Waals surface area contributed by atoms with Crippen LogP contribution in [0.25, 0.3) is 6.08 Å². The minimum Gasteiger partial charge on any atom is -0.384 e. The van der Waals surface area contributed by atoms with E-state index in [1.165, 1.54) is 54.6 Å². The van der Waals surface area contributed by atoms with Gasteiger partial charge in [0.15, 0.2) is 5.78 Å². The van der Waals surface area contributed by atoms with Gasteiger partial charge in [-0.3, -0.25) is 4.79 Å². The van der Waals surface area contributed by atoms with Gasteiger partial charge in [0.05, 0.1) is 0 Å². The summed E-state index contributed by atoms with van der Waals surface area (Å²) in [5.74, 6) is -1.18. The molecule has 0 radical (unpaired) electrons. The molecular formula is C22H16F2O2. The predicted octanol–water partition coefficient (Wildman–Crippen LogP) is 4.96. The Morgan fingerprint density at radius 2 is 1.35 bits per heavy atom. The number of Topliss-reactive ketones (excluding diaryl/α,β-unsaturated/α-hetero) is 1. The van der Waals surface area contributed by atoms with Crippen LogP contribution in [-0.4, -0.2) is 10.9 Å². The van der Waals surface area contributed by atoms with Crippen molar-refractivity contribution in [1.82, 2.24) is 0 Å². The van der Waals surface area contributed by atoms with Gasteiger partial charge < -0.3 is 5.11 Å². The number of halogens is 2. The fourth-order valence-corrected chi connectivity index (χ4v) is 2.59. The highest BCUT2D eigenvalue weighted by Crippen LogP contribution is 2.27. The van der Waals surface area contributed by atoms with Crippen LogP contribution in [0.5, 0.6) is 0 Å². The summed E-state index contributed by atoms with van der Waals surface area (Å²) in [6.45, 7) is 0. The topological polar surface area (TPSA) is 37.3 Å². The maximum Gasteiger partial charge on any atom is 0.191 e. The Balaban J connectivity index is 2.04. The zero-order valence-electron chi connectivity index (χ0n) is 13.8. The molecule has 0 bridgehead atoms. The Morgan fingerprint density at radius 3 is 1.92 bits per heavy atom. The van der Waals surface area contributed by atoms with Crippen LogP contribution < -0.4 is 0 Å². The third kappa shape index (κ3) is 4.10. The van der Waals surface area contributed by atoms with Crippen molar-refractivity contribution in [1.29, 1.82) is 0 Å². The summed E-state index contributed by atoms with van der Waals surface area (Å²) in [7, 11) is 0. The second-order valence-corrected chi connectivity index (χ2v) is 5.80. The van der Waals surface area contributed by atoms with Gasteiger partial charge in [0.25, 0.3) is 0 Å². The standard InChI is InChI=1S/C22H16F2O2/c23-18-10-6-15(7-11-18)14-20(21(25)16-4-2-1-3-5-16)22(26)17-8-12-19(24)13-9-17/h1-14,22,26H/b20-14+. The van der Waals surface area contributed by atoms with E-state index in [4.69, 9.17) is 0 Å². The van der Waals surface area contributed by atoms with E-state index in [1.807, 2.05) is 0 Å². The van der Waals surface area contributed by atoms with Crippen LogP contribution in [0.2, 0.25) is 0 Å². The number of aliphatic hydroxyl groups excluding tert-OH is 1. The molecule has 1 atom stereocenters. The zero-order chi connectivity index (χ0) is 18.5. The van der Waals surface area contributed by atoms with Crippen LogP contribution in [0.4, 0.5) is 8.78 Å². The van der Waals surface area contributed by atoms with Crippen LogP contribution in [0, 0.1) is 11.6 Å². The van der Waals surface area contributed by atoms with E-state index >= 15 is 0 Å². The average molecular weight is 350 g/mol. The van der Waals surface area contributed by atoms with Crippen LogP contribution in [0.15, 0.2) is 84.4 Å². The van der Waals surface area contributed by atoms with Crippen molar-refractivity contribution in [2.45, 2.75) is 6.10 Å². The van der Waals surface area contributed by atoms with Crippen molar-refractivity contribution in [3.05, 3.63) is 113 Å². The summed E-state index contributed by atoms with van der Waals surface area (Å²) in [5.41, 5.74) is 1.51. The molecule has 26 heavy (non-hydrogen) atoms. The monoisotopic (exact) mass is 350 g/mol. The molecule has 0 saturated carbocycles. The van der Waals surface area contributed by atoms with Gasteiger partial charge in [-0.15, -0.1) is 0 Å². The van der Waals surface area contributed by atoms with Gasteiger partial charge in [0.1, 0.15) is 17.7 Å². The molecule has 4 heteroatoms. The molecule has 0 aliphatic heterocycles. The maximum absolute atomic E-state index is 13.2. The molecule has 0 spiro atoms. The van der Waals surface area contributed by atoms with Crippen LogP contribution in [-0.2, 0) is 0 Å². The largest absolute Gasteiger partial charge is 0.384 e. The number of hydrogen-bond acceptors (Lipinski definition) is 2. The van der Waals surface area contributed by atoms with Gasteiger partial charge in [-0.05, 0) is 41.5 Å². The molecule has 0 amide bonds. The second-order valence-electron chi connectivity index (χ2n) is 5.80. The summed E-state index contributed by atoms with van der Waals surface area (Å²) >= 11 is 0. The molecule has 3 rings (SSSR count). The zero-order valence-corrected chi connectivity index (χ0v) is 13.8. The SMILES string of the molecule is O=C(/C(=C\c1ccc(F)cc1)C(O)c1ccc(F)cc1)c1ccccc1. The summed E-state index contributed by atoms with van der Waals surface area (Å²) in [6, 6.07) is 19.4. The fourth-order valence-electron chi connectivity index (χ4n) is 2.59. The first-order valence-electron chi connectivity index (χ1n) is 8.05. The van der Waals surface area contributed by atoms with Gasteiger partial charge in [-0.2, -0.15) is 0 Å². The number of ketones is 1. The molecule has 0 aliphatic carbocycles. The van der Waals surface area contributed by atoms with E-state index in [2.05, 4.69) is 0 Å². The summed E-state index contributed by atoms with van der Waals surface area (Å²) in [6.07, 6.45) is 0.274. The minimum absolute atomic E-state index is 0.120. The number of aliphatic hydroxyl groups is 1. The van der Waals surface area contributed by atoms with E-state index in [0.29, 0.717) is 16.7 Å². The van der Waals surface area contributed by atoms with Crippen molar-refractivity contribution in [2.24, 2.45) is 0 Å². The first-order valence-corrected chi connectivity index (χ1v) is 8.05. The van der Waals surface area contributed by atoms with E-state index in [-0.39, 0.29) is 11.4 Å². The number of rotatable bonds is 5. The lowest BCUT2D eigenvalue weighted by Gasteiger charge is -2.15. The summed E-state index contributed by atoms with van der Waals surface area (Å²) in [4.78, 5) is 12.9. The molecule has 130 valence electrons. The van der Waals surface area contributed by atoms with Gasteiger partial charge >= 0.3 is 0 Å². The third-order valence-corrected chi connectivity index (χ3v) is 3.97. The Hall–Kier alpha value is -3.11. The van der Waals surface area contributed by atoms with E-state index in [0.717, 1.165) is 0 Å². The lowest BCUT2D eigenvalue weighted by atomic mass is 9.92. The summed E-state index contributed by atoms with van der Waals surface area (Å²) in [5, 5.41) is 10.7. The van der Waals surface area contributed by atoms with E-state index in [1.54, 1.807) is 30.3 Å². The van der Waals surface area contributed by atoms with Gasteiger partial charge in [-0.1, -0.05) is 54.6 Å². The average Bonchev–Trinajstić information content (AvgIpc) is 2.68. The van der Waals surface area contributed by atoms with Gasteiger partial charge in [0.2, 0.25) is 0 Å². The van der Waals surface area contributed by atoms with E-state index < -0.39 is 17.7 Å². The molecule has 3 aromatic carbocycles. The third-order valence-electron chi connectivity index (χ3n) is 3.97. The van der Waals surface area contributed by atoms with Crippen LogP contribution in [0.3, 0.4) is 0 Å². The van der Waals surface area contributed by atoms with Gasteiger partial charge in [0, 0.05) is 11.1 Å². The number of carbonyl (C=O) groups is 1. The maximum atomic E-state index is 13.2. The normalized spacial score (nSPS) is 12.7. The molecule has 0 heterocycles. The molecule has 1 unspecified atom stereocenters. The molecule has 0 saturated heterocycles. The first-order chi connectivity index (χ1) is 12.5. The Bertz CT molecular complexity index is 915. The molecule has 1 N–H and O–H groups in total. The molecule has 0 aromatic heterocycles. The highest BCUT2D eigenvalue weighted by Gasteiger charge is 2.22.